The summed E-state index contributed by atoms with van der Waals surface area (Å²) >= 11 is 0. The van der Waals surface area contributed by atoms with Gasteiger partial charge >= 0.3 is 5.69 Å². The first-order valence-electron chi connectivity index (χ1n) is 11.6. The number of hydrogen-bond donors (Lipinski definition) is 1. The number of nitrogens with zero attached hydrogens (tertiary/aromatic N) is 6. The Hall–Kier alpha value is -3.55. The molecule has 172 valence electrons. The average Bonchev–Trinajstić information content (AvgIpc) is 3.43. The smallest absolute Gasteiger partial charge is 0.294 e. The van der Waals surface area contributed by atoms with E-state index in [4.69, 9.17) is 0 Å². The molecule has 0 aliphatic heterocycles. The van der Waals surface area contributed by atoms with Gasteiger partial charge in [-0.15, -0.1) is 10.2 Å². The molecule has 3 heterocycles. The van der Waals surface area contributed by atoms with Crippen LogP contribution in [0.3, 0.4) is 0 Å². The fourth-order valence-corrected chi connectivity index (χ4v) is 4.43. The molecule has 0 bridgehead atoms. The van der Waals surface area contributed by atoms with Crippen LogP contribution in [-0.2, 0) is 13.0 Å². The number of H-pyrrole nitrogens is 1. The maximum Gasteiger partial charge on any atom is 0.329 e. The number of hydrogen-bond acceptors (Lipinski definition) is 5. The van der Waals surface area contributed by atoms with Gasteiger partial charge in [-0.05, 0) is 61.6 Å². The van der Waals surface area contributed by atoms with Crippen LogP contribution in [0.5, 0.6) is 0 Å². The van der Waals surface area contributed by atoms with Crippen molar-refractivity contribution in [1.82, 2.24) is 34.7 Å². The van der Waals surface area contributed by atoms with Crippen LogP contribution in [0, 0.1) is 6.92 Å². The minimum absolute atomic E-state index is 0.0756. The molecule has 3 aromatic heterocycles. The molecule has 1 N–H and O–H groups in total. The number of nitrogens with one attached hydrogen (secondary N) is 1. The van der Waals surface area contributed by atoms with E-state index >= 15 is 0 Å². The molecule has 0 amide bonds. The molecule has 0 saturated carbocycles. The van der Waals surface area contributed by atoms with E-state index in [9.17, 15) is 4.79 Å². The molecule has 0 aliphatic carbocycles. The number of imidazole rings is 1. The summed E-state index contributed by atoms with van der Waals surface area (Å²) in [5, 5.41) is 14.3. The lowest BCUT2D eigenvalue weighted by Gasteiger charge is -2.10. The average molecular weight is 446 g/mol. The van der Waals surface area contributed by atoms with Gasteiger partial charge in [0, 0.05) is 35.4 Å². The first-order chi connectivity index (χ1) is 16.0. The SMILES string of the molecule is CCCCCc1c(C)n(C(C)C)c(=O)n1Cc1ccc(-c2ccncc2-c2nn[nH]n2)cc1. The molecule has 0 radical (unpaired) electrons. The van der Waals surface area contributed by atoms with Crippen LogP contribution in [0.1, 0.15) is 63.0 Å². The van der Waals surface area contributed by atoms with Crippen LogP contribution < -0.4 is 5.69 Å². The maximum absolute atomic E-state index is 13.2. The molecule has 8 nitrogen and oxygen atoms in total. The highest BCUT2D eigenvalue weighted by Gasteiger charge is 2.18. The Bertz CT molecular complexity index is 1250. The van der Waals surface area contributed by atoms with Crippen molar-refractivity contribution in [3.05, 3.63) is 70.2 Å². The zero-order chi connectivity index (χ0) is 23.4. The first kappa shape index (κ1) is 22.6. The molecule has 0 unspecified atom stereocenters. The Kier molecular flexibility index (Phi) is 6.82. The van der Waals surface area contributed by atoms with Gasteiger partial charge in [0.2, 0.25) is 5.82 Å². The molecule has 4 aromatic rings. The minimum atomic E-state index is 0.0756. The van der Waals surface area contributed by atoms with Crippen LogP contribution in [-0.4, -0.2) is 34.7 Å². The molecular weight excluding hydrogens is 414 g/mol. The second-order valence-electron chi connectivity index (χ2n) is 8.68. The van der Waals surface area contributed by atoms with E-state index in [0.29, 0.717) is 12.4 Å². The predicted molar refractivity (Wildman–Crippen MR) is 129 cm³/mol. The van der Waals surface area contributed by atoms with E-state index < -0.39 is 0 Å². The predicted octanol–water partition coefficient (Wildman–Crippen LogP) is 4.56. The van der Waals surface area contributed by atoms with Crippen molar-refractivity contribution in [2.75, 3.05) is 0 Å². The fraction of sp³-hybridized carbons (Fsp3) is 0.400. The Morgan fingerprint density at radius 3 is 2.52 bits per heavy atom. The van der Waals surface area contributed by atoms with E-state index in [-0.39, 0.29) is 11.7 Å². The first-order valence-corrected chi connectivity index (χ1v) is 11.6. The van der Waals surface area contributed by atoms with Crippen molar-refractivity contribution in [3.8, 4) is 22.5 Å². The Morgan fingerprint density at radius 2 is 1.85 bits per heavy atom. The summed E-state index contributed by atoms with van der Waals surface area (Å²) in [7, 11) is 0. The molecule has 1 aromatic carbocycles. The van der Waals surface area contributed by atoms with Gasteiger partial charge in [0.05, 0.1) is 6.54 Å². The summed E-state index contributed by atoms with van der Waals surface area (Å²) < 4.78 is 3.88. The van der Waals surface area contributed by atoms with Crippen molar-refractivity contribution in [2.24, 2.45) is 0 Å². The minimum Gasteiger partial charge on any atom is -0.294 e. The Balaban J connectivity index is 1.65. The highest BCUT2D eigenvalue weighted by atomic mass is 16.1. The van der Waals surface area contributed by atoms with Gasteiger partial charge < -0.3 is 0 Å². The number of unbranched alkanes of at least 4 members (excludes halogenated alkanes) is 2. The van der Waals surface area contributed by atoms with Crippen molar-refractivity contribution < 1.29 is 0 Å². The third-order valence-electron chi connectivity index (χ3n) is 6.09. The van der Waals surface area contributed by atoms with Gasteiger partial charge in [0.25, 0.3) is 0 Å². The standard InChI is InChI=1S/C25H31N7O/c1-5-6-7-8-23-18(4)32(17(2)3)25(33)31(23)16-19-9-11-20(12-10-19)21-13-14-26-15-22(21)24-27-29-30-28-24/h9-15,17H,5-8,16H2,1-4H3,(H,27,28,29,30). The lowest BCUT2D eigenvalue weighted by molar-refractivity contribution is 0.550. The molecule has 33 heavy (non-hydrogen) atoms. The number of benzene rings is 1. The van der Waals surface area contributed by atoms with Crippen LogP contribution in [0.25, 0.3) is 22.5 Å². The van der Waals surface area contributed by atoms with E-state index in [1.165, 1.54) is 6.42 Å². The number of aromatic nitrogens is 7. The lowest BCUT2D eigenvalue weighted by Crippen LogP contribution is -2.27. The van der Waals surface area contributed by atoms with Crippen LogP contribution in [0.4, 0.5) is 0 Å². The summed E-state index contributed by atoms with van der Waals surface area (Å²) in [6, 6.07) is 10.4. The molecule has 0 fully saturated rings. The third kappa shape index (κ3) is 4.65. The van der Waals surface area contributed by atoms with Crippen molar-refractivity contribution in [2.45, 2.75) is 66.0 Å². The summed E-state index contributed by atoms with van der Waals surface area (Å²) in [6.45, 7) is 8.98. The van der Waals surface area contributed by atoms with Gasteiger partial charge in [-0.25, -0.2) is 4.79 Å². The van der Waals surface area contributed by atoms with E-state index in [1.54, 1.807) is 12.4 Å². The molecular formula is C25H31N7O. The summed E-state index contributed by atoms with van der Waals surface area (Å²) in [5.74, 6) is 0.510. The van der Waals surface area contributed by atoms with Crippen LogP contribution in [0.15, 0.2) is 47.5 Å². The number of aromatic amines is 1. The molecule has 0 saturated heterocycles. The van der Waals surface area contributed by atoms with Gasteiger partial charge in [-0.3, -0.25) is 14.1 Å². The summed E-state index contributed by atoms with van der Waals surface area (Å²) in [5.41, 5.74) is 6.24. The normalized spacial score (nSPS) is 11.4. The molecule has 8 heteroatoms. The highest BCUT2D eigenvalue weighted by Crippen LogP contribution is 2.29. The zero-order valence-electron chi connectivity index (χ0n) is 19.7. The van der Waals surface area contributed by atoms with E-state index in [0.717, 1.165) is 52.9 Å². The van der Waals surface area contributed by atoms with Crippen LogP contribution >= 0.6 is 0 Å². The van der Waals surface area contributed by atoms with E-state index in [1.807, 2.05) is 15.2 Å². The second kappa shape index (κ2) is 9.94. The van der Waals surface area contributed by atoms with Crippen molar-refractivity contribution >= 4 is 0 Å². The summed E-state index contributed by atoms with van der Waals surface area (Å²) in [6.07, 6.45) is 7.86. The Labute approximate surface area is 193 Å². The van der Waals surface area contributed by atoms with Gasteiger partial charge in [0.1, 0.15) is 0 Å². The van der Waals surface area contributed by atoms with Gasteiger partial charge in [-0.2, -0.15) is 5.21 Å². The molecule has 0 aliphatic rings. The topological polar surface area (TPSA) is 94.3 Å². The van der Waals surface area contributed by atoms with Crippen molar-refractivity contribution in [1.29, 1.82) is 0 Å². The number of tetrazole rings is 1. The Morgan fingerprint density at radius 1 is 1.06 bits per heavy atom. The number of pyridine rings is 1. The lowest BCUT2D eigenvalue weighted by atomic mass is 10.00. The quantitative estimate of drug-likeness (QED) is 0.381. The largest absolute Gasteiger partial charge is 0.329 e. The summed E-state index contributed by atoms with van der Waals surface area (Å²) in [4.78, 5) is 17.5. The second-order valence-corrected chi connectivity index (χ2v) is 8.68. The van der Waals surface area contributed by atoms with Crippen LogP contribution in [0.2, 0.25) is 0 Å². The number of rotatable bonds is 9. The van der Waals surface area contributed by atoms with E-state index in [2.05, 4.69) is 77.6 Å². The van der Waals surface area contributed by atoms with Gasteiger partial charge in [0.15, 0.2) is 0 Å². The van der Waals surface area contributed by atoms with Crippen molar-refractivity contribution in [3.63, 3.8) is 0 Å². The maximum atomic E-state index is 13.2. The van der Waals surface area contributed by atoms with Gasteiger partial charge in [-0.1, -0.05) is 44.0 Å². The third-order valence-corrected chi connectivity index (χ3v) is 6.09. The molecule has 0 spiro atoms. The molecule has 4 rings (SSSR count). The highest BCUT2D eigenvalue weighted by molar-refractivity contribution is 5.79. The fourth-order valence-electron chi connectivity index (χ4n) is 4.43. The zero-order valence-corrected chi connectivity index (χ0v) is 19.7. The molecule has 0 atom stereocenters. The monoisotopic (exact) mass is 445 g/mol.